The summed E-state index contributed by atoms with van der Waals surface area (Å²) in [7, 11) is 0. The van der Waals surface area contributed by atoms with E-state index in [-0.39, 0.29) is 6.42 Å². The zero-order chi connectivity index (χ0) is 11.4. The lowest BCUT2D eigenvalue weighted by molar-refractivity contribution is -0.157. The summed E-state index contributed by atoms with van der Waals surface area (Å²) >= 11 is 0. The molecule has 0 radical (unpaired) electrons. The summed E-state index contributed by atoms with van der Waals surface area (Å²) in [4.78, 5) is 11.2. The average molecular weight is 207 g/mol. The van der Waals surface area contributed by atoms with E-state index < -0.39 is 30.4 Å². The Morgan fingerprint density at radius 2 is 2.07 bits per heavy atom. The molecule has 3 N–H and O–H groups in total. The van der Waals surface area contributed by atoms with Gasteiger partial charge in [-0.25, -0.2) is 4.39 Å². The molecule has 5 heteroatoms. The third-order valence-corrected chi connectivity index (χ3v) is 1.42. The first-order valence-electron chi connectivity index (χ1n) is 4.49. The summed E-state index contributed by atoms with van der Waals surface area (Å²) in [6.45, 7) is 4.49. The van der Waals surface area contributed by atoms with Crippen LogP contribution in [0.2, 0.25) is 0 Å². The highest BCUT2D eigenvalue weighted by Crippen LogP contribution is 2.10. The predicted octanol–water partition coefficient (Wildman–Crippen LogP) is 0.376. The number of ether oxygens (including phenoxy) is 1. The molecule has 4 nitrogen and oxygen atoms in total. The second-order valence-corrected chi connectivity index (χ2v) is 4.16. The zero-order valence-corrected chi connectivity index (χ0v) is 8.79. The number of aliphatic hydroxyl groups excluding tert-OH is 1. The zero-order valence-electron chi connectivity index (χ0n) is 8.79. The molecule has 0 aromatic rings. The Labute approximate surface area is 83.2 Å². The summed E-state index contributed by atoms with van der Waals surface area (Å²) in [5, 5.41) is 8.42. The van der Waals surface area contributed by atoms with Crippen LogP contribution >= 0.6 is 0 Å². The van der Waals surface area contributed by atoms with Gasteiger partial charge in [0.25, 0.3) is 0 Å². The van der Waals surface area contributed by atoms with Crippen LogP contribution < -0.4 is 5.73 Å². The highest BCUT2D eigenvalue weighted by molar-refractivity contribution is 5.75. The summed E-state index contributed by atoms with van der Waals surface area (Å²) in [5.74, 6) is -0.645. The Bertz CT molecular complexity index is 191. The van der Waals surface area contributed by atoms with Crippen LogP contribution in [0.25, 0.3) is 0 Å². The van der Waals surface area contributed by atoms with Gasteiger partial charge in [-0.2, -0.15) is 0 Å². The molecule has 0 aliphatic rings. The molecule has 14 heavy (non-hydrogen) atoms. The average Bonchev–Trinajstić information content (AvgIpc) is 2.00. The fourth-order valence-electron chi connectivity index (χ4n) is 0.824. The fourth-order valence-corrected chi connectivity index (χ4v) is 0.824. The number of aliphatic hydroxyl groups is 1. The molecule has 0 aromatic heterocycles. The molecule has 0 saturated carbocycles. The number of halogens is 1. The van der Waals surface area contributed by atoms with Crippen molar-refractivity contribution in [2.45, 2.75) is 45.0 Å². The maximum atomic E-state index is 12.6. The number of hydrogen-bond acceptors (Lipinski definition) is 4. The number of carbonyl (C=O) groups excluding carboxylic acids is 1. The monoisotopic (exact) mass is 207 g/mol. The summed E-state index contributed by atoms with van der Waals surface area (Å²) in [5.41, 5.74) is 4.75. The normalized spacial score (nSPS) is 16.1. The molecule has 0 fully saturated rings. The predicted molar refractivity (Wildman–Crippen MR) is 50.4 cm³/mol. The number of alkyl halides is 1. The van der Waals surface area contributed by atoms with Gasteiger partial charge in [-0.3, -0.25) is 4.79 Å². The Morgan fingerprint density at radius 3 is 2.43 bits per heavy atom. The highest BCUT2D eigenvalue weighted by atomic mass is 19.1. The minimum atomic E-state index is -1.47. The largest absolute Gasteiger partial charge is 0.459 e. The van der Waals surface area contributed by atoms with Gasteiger partial charge in [0, 0.05) is 6.42 Å². The smallest absolute Gasteiger partial charge is 0.323 e. The van der Waals surface area contributed by atoms with Crippen molar-refractivity contribution in [3.8, 4) is 0 Å². The van der Waals surface area contributed by atoms with Crippen molar-refractivity contribution in [2.75, 3.05) is 6.61 Å². The van der Waals surface area contributed by atoms with Gasteiger partial charge in [0.05, 0.1) is 6.61 Å². The molecule has 0 spiro atoms. The van der Waals surface area contributed by atoms with Crippen molar-refractivity contribution < 1.29 is 19.0 Å². The standard InChI is InChI=1S/C9H18FNO3/c1-9(2,3)14-8(13)7(11)4-6(10)5-12/h6-7,12H,4-5,11H2,1-3H3/t6-,7-/m0/s1. The molecule has 0 aliphatic heterocycles. The van der Waals surface area contributed by atoms with Gasteiger partial charge in [0.2, 0.25) is 0 Å². The van der Waals surface area contributed by atoms with Crippen LogP contribution in [0, 0.1) is 0 Å². The van der Waals surface area contributed by atoms with Crippen LogP contribution in [-0.2, 0) is 9.53 Å². The Hall–Kier alpha value is -0.680. The van der Waals surface area contributed by atoms with Gasteiger partial charge < -0.3 is 15.6 Å². The molecular formula is C9H18FNO3. The Balaban J connectivity index is 4.00. The van der Waals surface area contributed by atoms with Gasteiger partial charge in [-0.05, 0) is 20.8 Å². The molecule has 0 amide bonds. The van der Waals surface area contributed by atoms with Gasteiger partial charge in [-0.1, -0.05) is 0 Å². The van der Waals surface area contributed by atoms with Crippen molar-refractivity contribution in [2.24, 2.45) is 5.73 Å². The lowest BCUT2D eigenvalue weighted by Gasteiger charge is -2.22. The maximum Gasteiger partial charge on any atom is 0.323 e. The first kappa shape index (κ1) is 13.3. The van der Waals surface area contributed by atoms with Gasteiger partial charge in [-0.15, -0.1) is 0 Å². The first-order chi connectivity index (χ1) is 6.26. The van der Waals surface area contributed by atoms with Crippen LogP contribution in [-0.4, -0.2) is 35.5 Å². The van der Waals surface area contributed by atoms with E-state index in [4.69, 9.17) is 15.6 Å². The van der Waals surface area contributed by atoms with Crippen molar-refractivity contribution >= 4 is 5.97 Å². The summed E-state index contributed by atoms with van der Waals surface area (Å²) in [6, 6.07) is -1.02. The second kappa shape index (κ2) is 5.26. The van der Waals surface area contributed by atoms with Gasteiger partial charge in [0.15, 0.2) is 0 Å². The highest BCUT2D eigenvalue weighted by Gasteiger charge is 2.24. The lowest BCUT2D eigenvalue weighted by atomic mass is 10.1. The maximum absolute atomic E-state index is 12.6. The van der Waals surface area contributed by atoms with E-state index in [9.17, 15) is 9.18 Å². The van der Waals surface area contributed by atoms with Crippen molar-refractivity contribution in [1.29, 1.82) is 0 Å². The number of carbonyl (C=O) groups is 1. The molecule has 0 saturated heterocycles. The second-order valence-electron chi connectivity index (χ2n) is 4.16. The van der Waals surface area contributed by atoms with Crippen molar-refractivity contribution in [3.63, 3.8) is 0 Å². The van der Waals surface area contributed by atoms with E-state index in [2.05, 4.69) is 0 Å². The van der Waals surface area contributed by atoms with E-state index in [1.54, 1.807) is 20.8 Å². The quantitative estimate of drug-likeness (QED) is 0.653. The number of nitrogens with two attached hydrogens (primary N) is 1. The molecule has 0 aliphatic carbocycles. The third-order valence-electron chi connectivity index (χ3n) is 1.42. The van der Waals surface area contributed by atoms with Crippen LogP contribution in [0.5, 0.6) is 0 Å². The lowest BCUT2D eigenvalue weighted by Crippen LogP contribution is -2.39. The van der Waals surface area contributed by atoms with Crippen LogP contribution in [0.3, 0.4) is 0 Å². The summed E-state index contributed by atoms with van der Waals surface area (Å²) in [6.07, 6.45) is -1.69. The number of hydrogen-bond donors (Lipinski definition) is 2. The van der Waals surface area contributed by atoms with E-state index >= 15 is 0 Å². The fraction of sp³-hybridized carbons (Fsp3) is 0.889. The van der Waals surface area contributed by atoms with E-state index in [1.165, 1.54) is 0 Å². The Kier molecular flexibility index (Phi) is 5.01. The van der Waals surface area contributed by atoms with Crippen molar-refractivity contribution in [3.05, 3.63) is 0 Å². The van der Waals surface area contributed by atoms with Crippen molar-refractivity contribution in [1.82, 2.24) is 0 Å². The minimum absolute atomic E-state index is 0.217. The number of rotatable bonds is 4. The topological polar surface area (TPSA) is 72.5 Å². The van der Waals surface area contributed by atoms with E-state index in [0.717, 1.165) is 0 Å². The molecule has 84 valence electrons. The van der Waals surface area contributed by atoms with Crippen LogP contribution in [0.4, 0.5) is 4.39 Å². The summed E-state index contributed by atoms with van der Waals surface area (Å²) < 4.78 is 17.6. The Morgan fingerprint density at radius 1 is 1.57 bits per heavy atom. The molecule has 0 rings (SSSR count). The molecule has 0 bridgehead atoms. The molecule has 2 atom stereocenters. The minimum Gasteiger partial charge on any atom is -0.459 e. The van der Waals surface area contributed by atoms with Gasteiger partial charge in [0.1, 0.15) is 17.8 Å². The van der Waals surface area contributed by atoms with Crippen LogP contribution in [0.15, 0.2) is 0 Å². The molecule has 0 unspecified atom stereocenters. The molecular weight excluding hydrogens is 189 g/mol. The molecule has 0 heterocycles. The first-order valence-corrected chi connectivity index (χ1v) is 4.49. The van der Waals surface area contributed by atoms with E-state index in [1.807, 2.05) is 0 Å². The third kappa shape index (κ3) is 5.88. The van der Waals surface area contributed by atoms with Gasteiger partial charge >= 0.3 is 5.97 Å². The number of esters is 1. The van der Waals surface area contributed by atoms with E-state index in [0.29, 0.717) is 0 Å². The SMILES string of the molecule is CC(C)(C)OC(=O)[C@@H](N)C[C@H](F)CO. The van der Waals surface area contributed by atoms with Crippen LogP contribution in [0.1, 0.15) is 27.2 Å². The molecule has 0 aromatic carbocycles.